The van der Waals surface area contributed by atoms with E-state index in [0.29, 0.717) is 30.3 Å². The predicted molar refractivity (Wildman–Crippen MR) is 131 cm³/mol. The lowest BCUT2D eigenvalue weighted by Gasteiger charge is -2.24. The van der Waals surface area contributed by atoms with Crippen molar-refractivity contribution in [1.29, 1.82) is 0 Å². The highest BCUT2D eigenvalue weighted by Crippen LogP contribution is 2.35. The van der Waals surface area contributed by atoms with Crippen molar-refractivity contribution in [1.82, 2.24) is 15.2 Å². The maximum absolute atomic E-state index is 13.9. The third-order valence-corrected chi connectivity index (χ3v) is 6.78. The number of rotatable bonds is 7. The fraction of sp³-hybridized carbons (Fsp3) is 0.240. The van der Waals surface area contributed by atoms with Crippen LogP contribution < -0.4 is 20.1 Å². The average Bonchev–Trinajstić information content (AvgIpc) is 3.52. The number of methoxy groups -OCH3 is 1. The first kappa shape index (κ1) is 26.0. The molecule has 2 atom stereocenters. The zero-order valence-electron chi connectivity index (χ0n) is 20.2. The number of imide groups is 1. The molecule has 1 saturated heterocycles. The van der Waals surface area contributed by atoms with Gasteiger partial charge in [0.15, 0.2) is 34.0 Å². The lowest BCUT2D eigenvalue weighted by atomic mass is 10.0. The van der Waals surface area contributed by atoms with E-state index >= 15 is 0 Å². The van der Waals surface area contributed by atoms with E-state index in [1.165, 1.54) is 18.6 Å². The Kier molecular flexibility index (Phi) is 7.11. The quantitative estimate of drug-likeness (QED) is 0.334. The summed E-state index contributed by atoms with van der Waals surface area (Å²) in [6.45, 7) is 0.693. The van der Waals surface area contributed by atoms with Crippen LogP contribution in [0.4, 0.5) is 18.7 Å². The first-order chi connectivity index (χ1) is 18.7. The Morgan fingerprint density at radius 2 is 1.92 bits per heavy atom. The number of thiazole rings is 1. The van der Waals surface area contributed by atoms with E-state index in [1.54, 1.807) is 18.2 Å². The van der Waals surface area contributed by atoms with E-state index in [1.807, 2.05) is 0 Å². The van der Waals surface area contributed by atoms with Crippen molar-refractivity contribution in [3.05, 3.63) is 70.2 Å². The van der Waals surface area contributed by atoms with Gasteiger partial charge in [0.1, 0.15) is 25.3 Å². The zero-order chi connectivity index (χ0) is 27.7. The number of hydrogen-bond donors (Lipinski definition) is 2. The molecule has 14 heteroatoms. The minimum absolute atomic E-state index is 0.00567. The van der Waals surface area contributed by atoms with Gasteiger partial charge in [-0.2, -0.15) is 0 Å². The van der Waals surface area contributed by atoms with E-state index in [-0.39, 0.29) is 22.8 Å². The monoisotopic (exact) mass is 558 g/mol. The number of aromatic nitrogens is 1. The second kappa shape index (κ2) is 10.6. The molecular weight excluding hydrogens is 538 g/mol. The third kappa shape index (κ3) is 5.23. The van der Waals surface area contributed by atoms with Gasteiger partial charge >= 0.3 is 12.0 Å². The third-order valence-electron chi connectivity index (χ3n) is 6.03. The molecular formula is C25H20F2N4O7S. The molecule has 1 aromatic heterocycles. The molecule has 3 aromatic rings. The summed E-state index contributed by atoms with van der Waals surface area (Å²) < 4.78 is 43.1. The number of halogens is 2. The maximum Gasteiger partial charge on any atom is 0.357 e. The molecule has 2 unspecified atom stereocenters. The smallest absolute Gasteiger partial charge is 0.357 e. The molecule has 5 rings (SSSR count). The number of esters is 1. The molecule has 0 bridgehead atoms. The van der Waals surface area contributed by atoms with Crippen molar-refractivity contribution in [2.24, 2.45) is 0 Å². The Balaban J connectivity index is 1.44. The first-order valence-electron chi connectivity index (χ1n) is 11.6. The normalized spacial score (nSPS) is 17.0. The average molecular weight is 559 g/mol. The number of carbonyl (C=O) groups is 4. The number of benzene rings is 2. The van der Waals surface area contributed by atoms with Gasteiger partial charge in [-0.3, -0.25) is 9.59 Å². The number of amides is 4. The van der Waals surface area contributed by atoms with Crippen LogP contribution in [-0.4, -0.2) is 60.1 Å². The second-order valence-corrected chi connectivity index (χ2v) is 9.34. The SMILES string of the molecule is COC(=O)c1csc(NC(=O)C(Cc2ccc(F)c(F)c2)N2C(=O)NC(c3ccc4c(c3)OCCO4)C2=O)n1. The maximum atomic E-state index is 13.9. The molecule has 1 fully saturated rings. The number of urea groups is 1. The van der Waals surface area contributed by atoms with Crippen molar-refractivity contribution in [3.63, 3.8) is 0 Å². The highest BCUT2D eigenvalue weighted by Gasteiger charge is 2.45. The van der Waals surface area contributed by atoms with Crippen LogP contribution in [0.25, 0.3) is 0 Å². The highest BCUT2D eigenvalue weighted by molar-refractivity contribution is 7.14. The molecule has 11 nitrogen and oxygen atoms in total. The first-order valence-corrected chi connectivity index (χ1v) is 12.4. The summed E-state index contributed by atoms with van der Waals surface area (Å²) >= 11 is 0.921. The number of carbonyl (C=O) groups excluding carboxylic acids is 4. The number of anilines is 1. The lowest BCUT2D eigenvalue weighted by molar-refractivity contribution is -0.134. The summed E-state index contributed by atoms with van der Waals surface area (Å²) in [7, 11) is 1.17. The molecule has 0 aliphatic carbocycles. The Morgan fingerprint density at radius 3 is 2.67 bits per heavy atom. The molecule has 0 radical (unpaired) electrons. The predicted octanol–water partition coefficient (Wildman–Crippen LogP) is 2.82. The van der Waals surface area contributed by atoms with Gasteiger partial charge in [0.25, 0.3) is 5.91 Å². The largest absolute Gasteiger partial charge is 0.486 e. The van der Waals surface area contributed by atoms with Crippen LogP contribution in [0.1, 0.15) is 27.7 Å². The summed E-state index contributed by atoms with van der Waals surface area (Å²) in [6.07, 6.45) is -0.328. The molecule has 2 aromatic carbocycles. The molecule has 2 N–H and O–H groups in total. The summed E-state index contributed by atoms with van der Waals surface area (Å²) in [5.74, 6) is -3.65. The van der Waals surface area contributed by atoms with Gasteiger partial charge in [0.2, 0.25) is 5.91 Å². The molecule has 39 heavy (non-hydrogen) atoms. The molecule has 3 heterocycles. The lowest BCUT2D eigenvalue weighted by Crippen LogP contribution is -2.49. The Bertz CT molecular complexity index is 1480. The van der Waals surface area contributed by atoms with Gasteiger partial charge in [0.05, 0.1) is 7.11 Å². The molecule has 0 saturated carbocycles. The molecule has 2 aliphatic rings. The molecule has 2 aliphatic heterocycles. The Hall–Kier alpha value is -4.59. The minimum atomic E-state index is -1.48. The summed E-state index contributed by atoms with van der Waals surface area (Å²) in [5, 5.41) is 6.41. The van der Waals surface area contributed by atoms with Crippen molar-refractivity contribution in [3.8, 4) is 11.5 Å². The summed E-state index contributed by atoms with van der Waals surface area (Å²) in [4.78, 5) is 56.4. The van der Waals surface area contributed by atoms with Gasteiger partial charge < -0.3 is 24.8 Å². The highest BCUT2D eigenvalue weighted by atomic mass is 32.1. The fourth-order valence-electron chi connectivity index (χ4n) is 4.16. The summed E-state index contributed by atoms with van der Waals surface area (Å²) in [6, 6.07) is 4.29. The second-order valence-electron chi connectivity index (χ2n) is 8.48. The molecule has 0 spiro atoms. The van der Waals surface area contributed by atoms with E-state index in [4.69, 9.17) is 9.47 Å². The van der Waals surface area contributed by atoms with Gasteiger partial charge in [0, 0.05) is 11.8 Å². The van der Waals surface area contributed by atoms with Gasteiger partial charge in [-0.05, 0) is 35.4 Å². The van der Waals surface area contributed by atoms with Gasteiger partial charge in [-0.15, -0.1) is 11.3 Å². The fourth-order valence-corrected chi connectivity index (χ4v) is 4.85. The Labute approximate surface area is 223 Å². The topological polar surface area (TPSA) is 136 Å². The van der Waals surface area contributed by atoms with Crippen LogP contribution in [0.15, 0.2) is 41.8 Å². The van der Waals surface area contributed by atoms with Gasteiger partial charge in [-0.1, -0.05) is 12.1 Å². The van der Waals surface area contributed by atoms with E-state index < -0.39 is 47.5 Å². The van der Waals surface area contributed by atoms with Crippen LogP contribution in [0.5, 0.6) is 11.5 Å². The van der Waals surface area contributed by atoms with Crippen LogP contribution >= 0.6 is 11.3 Å². The van der Waals surface area contributed by atoms with Crippen LogP contribution in [0.2, 0.25) is 0 Å². The number of nitrogens with one attached hydrogen (secondary N) is 2. The van der Waals surface area contributed by atoms with Crippen molar-refractivity contribution in [2.45, 2.75) is 18.5 Å². The van der Waals surface area contributed by atoms with E-state index in [9.17, 15) is 28.0 Å². The number of ether oxygens (including phenoxy) is 3. The van der Waals surface area contributed by atoms with Crippen molar-refractivity contribution in [2.75, 3.05) is 25.6 Å². The standard InChI is InChI=1S/C25H20F2N4O7S/c1-36-23(34)16-11-39-24(28-16)30-21(32)17(9-12-2-4-14(26)15(27)8-12)31-22(33)20(29-25(31)35)13-3-5-18-19(10-13)38-7-6-37-18/h2-5,8,10-11,17,20H,6-7,9H2,1H3,(H,29,35)(H,28,30,32). The van der Waals surface area contributed by atoms with Crippen LogP contribution in [-0.2, 0) is 20.7 Å². The minimum Gasteiger partial charge on any atom is -0.486 e. The van der Waals surface area contributed by atoms with Crippen LogP contribution in [0.3, 0.4) is 0 Å². The van der Waals surface area contributed by atoms with Gasteiger partial charge in [-0.25, -0.2) is 28.3 Å². The van der Waals surface area contributed by atoms with E-state index in [0.717, 1.165) is 28.4 Å². The summed E-state index contributed by atoms with van der Waals surface area (Å²) in [5.41, 5.74) is 0.505. The van der Waals surface area contributed by atoms with Crippen LogP contribution in [0, 0.1) is 11.6 Å². The number of fused-ring (bicyclic) bond motifs is 1. The molecule has 202 valence electrons. The molecule has 4 amide bonds. The van der Waals surface area contributed by atoms with E-state index in [2.05, 4.69) is 20.4 Å². The number of hydrogen-bond acceptors (Lipinski definition) is 9. The Morgan fingerprint density at radius 1 is 1.15 bits per heavy atom. The van der Waals surface area contributed by atoms with Crippen molar-refractivity contribution >= 4 is 40.3 Å². The van der Waals surface area contributed by atoms with Crippen molar-refractivity contribution < 1.29 is 42.2 Å². The zero-order valence-corrected chi connectivity index (χ0v) is 21.1. The number of nitrogens with zero attached hydrogens (tertiary/aromatic N) is 2.